The fraction of sp³-hybridized carbons (Fsp3) is 0.200. The van der Waals surface area contributed by atoms with Gasteiger partial charge >= 0.3 is 0 Å². The Bertz CT molecular complexity index is 1220. The Morgan fingerprint density at radius 2 is 1.24 bits per heavy atom. The van der Waals surface area contributed by atoms with Gasteiger partial charge in [0.25, 0.3) is 0 Å². The van der Waals surface area contributed by atoms with E-state index in [0.29, 0.717) is 11.4 Å². The number of rotatable bonds is 8. The van der Waals surface area contributed by atoms with Gasteiger partial charge in [0.2, 0.25) is 21.8 Å². The topological polar surface area (TPSA) is 95.6 Å². The van der Waals surface area contributed by atoms with Crippen molar-refractivity contribution in [3.8, 4) is 0 Å². The molecular weight excluding hydrogens is 438 g/mol. The number of benzene rings is 3. The third-order valence-corrected chi connectivity index (χ3v) is 6.75. The number of anilines is 2. The highest BCUT2D eigenvalue weighted by Gasteiger charge is 2.27. The van der Waals surface area contributed by atoms with E-state index in [1.54, 1.807) is 48.5 Å². The second-order valence-electron chi connectivity index (χ2n) is 7.88. The van der Waals surface area contributed by atoms with Gasteiger partial charge in [0.15, 0.2) is 0 Å². The number of carbonyl (C=O) groups excluding carboxylic acids is 2. The van der Waals surface area contributed by atoms with E-state index in [1.807, 2.05) is 38.1 Å². The number of aryl methyl sites for hydroxylation is 2. The van der Waals surface area contributed by atoms with Gasteiger partial charge in [0, 0.05) is 24.8 Å². The normalized spacial score (nSPS) is 11.3. The lowest BCUT2D eigenvalue weighted by molar-refractivity contribution is -0.116. The van der Waals surface area contributed by atoms with Crippen LogP contribution in [0.5, 0.6) is 0 Å². The lowest BCUT2D eigenvalue weighted by atomic mass is 10.1. The van der Waals surface area contributed by atoms with Crippen molar-refractivity contribution in [1.82, 2.24) is 4.31 Å². The average Bonchev–Trinajstić information content (AvgIpc) is 2.76. The monoisotopic (exact) mass is 465 g/mol. The molecule has 0 radical (unpaired) electrons. The Hall–Kier alpha value is -3.49. The van der Waals surface area contributed by atoms with Crippen LogP contribution in [-0.4, -0.2) is 31.1 Å². The molecule has 0 bridgehead atoms. The van der Waals surface area contributed by atoms with Crippen LogP contribution in [0, 0.1) is 13.8 Å². The number of hydrogen-bond acceptors (Lipinski definition) is 4. The van der Waals surface area contributed by atoms with Crippen LogP contribution in [0.3, 0.4) is 0 Å². The first-order valence-corrected chi connectivity index (χ1v) is 11.9. The third kappa shape index (κ3) is 6.74. The molecule has 0 aliphatic carbocycles. The SMILES string of the molecule is CC(=O)Nc1ccc(NC(=O)CN(Cc2ccc(C)cc2)S(=O)(=O)c2ccc(C)cc2)cc1. The number of hydrogen-bond donors (Lipinski definition) is 2. The Labute approximate surface area is 194 Å². The number of sulfonamides is 1. The minimum Gasteiger partial charge on any atom is -0.326 e. The van der Waals surface area contributed by atoms with E-state index in [2.05, 4.69) is 10.6 Å². The van der Waals surface area contributed by atoms with Gasteiger partial charge in [-0.1, -0.05) is 47.5 Å². The summed E-state index contributed by atoms with van der Waals surface area (Å²) in [5.41, 5.74) is 3.89. The summed E-state index contributed by atoms with van der Waals surface area (Å²) in [4.78, 5) is 24.1. The van der Waals surface area contributed by atoms with Crippen molar-refractivity contribution in [1.29, 1.82) is 0 Å². The van der Waals surface area contributed by atoms with Crippen LogP contribution >= 0.6 is 0 Å². The zero-order valence-electron chi connectivity index (χ0n) is 18.8. The van der Waals surface area contributed by atoms with Gasteiger partial charge < -0.3 is 10.6 Å². The molecule has 0 unspecified atom stereocenters. The fourth-order valence-electron chi connectivity index (χ4n) is 3.18. The summed E-state index contributed by atoms with van der Waals surface area (Å²) in [5, 5.41) is 5.37. The first-order chi connectivity index (χ1) is 15.6. The van der Waals surface area contributed by atoms with E-state index in [1.165, 1.54) is 11.2 Å². The van der Waals surface area contributed by atoms with Crippen molar-refractivity contribution in [2.24, 2.45) is 0 Å². The largest absolute Gasteiger partial charge is 0.326 e. The molecule has 7 nitrogen and oxygen atoms in total. The van der Waals surface area contributed by atoms with Crippen molar-refractivity contribution in [3.05, 3.63) is 89.5 Å². The summed E-state index contributed by atoms with van der Waals surface area (Å²) in [6, 6.07) is 20.7. The first-order valence-electron chi connectivity index (χ1n) is 10.4. The van der Waals surface area contributed by atoms with Crippen LogP contribution in [0.2, 0.25) is 0 Å². The maximum absolute atomic E-state index is 13.4. The van der Waals surface area contributed by atoms with Crippen LogP contribution < -0.4 is 10.6 Å². The predicted octanol–water partition coefficient (Wildman–Crippen LogP) is 4.09. The number of nitrogens with zero attached hydrogens (tertiary/aromatic N) is 1. The van der Waals surface area contributed by atoms with Crippen LogP contribution in [0.4, 0.5) is 11.4 Å². The van der Waals surface area contributed by atoms with Crippen LogP contribution in [-0.2, 0) is 26.2 Å². The van der Waals surface area contributed by atoms with Crippen molar-refractivity contribution in [2.75, 3.05) is 17.2 Å². The molecule has 0 fully saturated rings. The summed E-state index contributed by atoms with van der Waals surface area (Å²) in [6.45, 7) is 4.95. The molecule has 33 heavy (non-hydrogen) atoms. The number of carbonyl (C=O) groups is 2. The lowest BCUT2D eigenvalue weighted by Gasteiger charge is -2.22. The minimum atomic E-state index is -3.91. The lowest BCUT2D eigenvalue weighted by Crippen LogP contribution is -2.37. The van der Waals surface area contributed by atoms with E-state index in [0.717, 1.165) is 16.7 Å². The minimum absolute atomic E-state index is 0.0609. The number of nitrogens with one attached hydrogen (secondary N) is 2. The molecule has 3 aromatic carbocycles. The Balaban J connectivity index is 1.81. The Morgan fingerprint density at radius 1 is 0.758 bits per heavy atom. The van der Waals surface area contributed by atoms with Crippen molar-refractivity contribution in [2.45, 2.75) is 32.2 Å². The molecule has 0 saturated carbocycles. The van der Waals surface area contributed by atoms with Crippen LogP contribution in [0.15, 0.2) is 77.7 Å². The molecule has 0 aliphatic heterocycles. The van der Waals surface area contributed by atoms with Gasteiger partial charge in [0.1, 0.15) is 0 Å². The molecule has 0 atom stereocenters. The Kier molecular flexibility index (Phi) is 7.63. The summed E-state index contributed by atoms with van der Waals surface area (Å²) in [6.07, 6.45) is 0. The standard InChI is InChI=1S/C25H27N3O4S/c1-18-4-8-21(9-5-18)16-28(33(31,32)24-14-6-19(2)7-15-24)17-25(30)27-23-12-10-22(11-13-23)26-20(3)29/h4-15H,16-17H2,1-3H3,(H,26,29)(H,27,30). The maximum Gasteiger partial charge on any atom is 0.243 e. The van der Waals surface area contributed by atoms with Crippen molar-refractivity contribution < 1.29 is 18.0 Å². The van der Waals surface area contributed by atoms with Gasteiger partial charge in [-0.3, -0.25) is 9.59 Å². The quantitative estimate of drug-likeness (QED) is 0.524. The molecule has 0 aromatic heterocycles. The molecular formula is C25H27N3O4S. The second kappa shape index (κ2) is 10.4. The Morgan fingerprint density at radius 3 is 1.76 bits per heavy atom. The zero-order chi connectivity index (χ0) is 24.0. The molecule has 0 heterocycles. The molecule has 8 heteroatoms. The smallest absolute Gasteiger partial charge is 0.243 e. The van der Waals surface area contributed by atoms with E-state index in [-0.39, 0.29) is 23.9 Å². The second-order valence-corrected chi connectivity index (χ2v) is 9.82. The highest BCUT2D eigenvalue weighted by molar-refractivity contribution is 7.89. The summed E-state index contributed by atoms with van der Waals surface area (Å²) < 4.78 is 27.9. The molecule has 3 aromatic rings. The van der Waals surface area contributed by atoms with Crippen LogP contribution in [0.25, 0.3) is 0 Å². The molecule has 2 N–H and O–H groups in total. The van der Waals surface area contributed by atoms with Gasteiger partial charge in [-0.15, -0.1) is 0 Å². The van der Waals surface area contributed by atoms with Crippen molar-refractivity contribution >= 4 is 33.2 Å². The summed E-state index contributed by atoms with van der Waals surface area (Å²) in [7, 11) is -3.91. The molecule has 2 amide bonds. The fourth-order valence-corrected chi connectivity index (χ4v) is 4.57. The van der Waals surface area contributed by atoms with E-state index in [4.69, 9.17) is 0 Å². The van der Waals surface area contributed by atoms with Gasteiger partial charge in [-0.2, -0.15) is 4.31 Å². The highest BCUT2D eigenvalue weighted by atomic mass is 32.2. The van der Waals surface area contributed by atoms with Crippen molar-refractivity contribution in [3.63, 3.8) is 0 Å². The summed E-state index contributed by atoms with van der Waals surface area (Å²) in [5.74, 6) is -0.662. The molecule has 0 spiro atoms. The summed E-state index contributed by atoms with van der Waals surface area (Å²) >= 11 is 0. The van der Waals surface area contributed by atoms with Gasteiger partial charge in [-0.05, 0) is 55.8 Å². The number of amides is 2. The van der Waals surface area contributed by atoms with Gasteiger partial charge in [-0.25, -0.2) is 8.42 Å². The predicted molar refractivity (Wildman–Crippen MR) is 129 cm³/mol. The van der Waals surface area contributed by atoms with Gasteiger partial charge in [0.05, 0.1) is 11.4 Å². The molecule has 172 valence electrons. The zero-order valence-corrected chi connectivity index (χ0v) is 19.6. The molecule has 0 aliphatic rings. The van der Waals surface area contributed by atoms with E-state index in [9.17, 15) is 18.0 Å². The highest BCUT2D eigenvalue weighted by Crippen LogP contribution is 2.20. The van der Waals surface area contributed by atoms with E-state index < -0.39 is 15.9 Å². The average molecular weight is 466 g/mol. The van der Waals surface area contributed by atoms with E-state index >= 15 is 0 Å². The third-order valence-electron chi connectivity index (χ3n) is 4.95. The first kappa shape index (κ1) is 24.2. The maximum atomic E-state index is 13.4. The molecule has 0 saturated heterocycles. The molecule has 3 rings (SSSR count). The van der Waals surface area contributed by atoms with Crippen LogP contribution in [0.1, 0.15) is 23.6 Å².